The molecule has 3 heteroatoms. The lowest BCUT2D eigenvalue weighted by Gasteiger charge is -2.19. The fourth-order valence-corrected chi connectivity index (χ4v) is 2.73. The number of thioether (sulfide) groups is 1. The van der Waals surface area contributed by atoms with Crippen LogP contribution in [0.2, 0.25) is 19.6 Å². The van der Waals surface area contributed by atoms with E-state index in [9.17, 15) is 5.11 Å². The molecule has 0 amide bonds. The monoisotopic (exact) mass is 226 g/mol. The first-order valence-electron chi connectivity index (χ1n) is 4.89. The number of aliphatic hydroxyl groups excluding tert-OH is 1. The normalized spacial score (nSPS) is 23.1. The van der Waals surface area contributed by atoms with Crippen molar-refractivity contribution in [1.82, 2.24) is 0 Å². The van der Waals surface area contributed by atoms with Crippen molar-refractivity contribution in [3.8, 4) is 11.5 Å². The molecule has 1 N–H and O–H groups in total. The van der Waals surface area contributed by atoms with Crippen LogP contribution < -0.4 is 0 Å². The lowest BCUT2D eigenvalue weighted by molar-refractivity contribution is 0.234. The van der Waals surface area contributed by atoms with Gasteiger partial charge in [0.1, 0.15) is 8.07 Å². The van der Waals surface area contributed by atoms with Gasteiger partial charge in [-0.1, -0.05) is 25.6 Å². The van der Waals surface area contributed by atoms with Crippen LogP contribution in [0.3, 0.4) is 0 Å². The van der Waals surface area contributed by atoms with E-state index >= 15 is 0 Å². The predicted molar refractivity (Wildman–Crippen MR) is 67.2 cm³/mol. The van der Waals surface area contributed by atoms with E-state index in [2.05, 4.69) is 31.1 Å². The highest BCUT2D eigenvalue weighted by atomic mass is 32.2. The summed E-state index contributed by atoms with van der Waals surface area (Å²) in [6, 6.07) is 0. The summed E-state index contributed by atoms with van der Waals surface area (Å²) in [6.07, 6.45) is -0.278. The van der Waals surface area contributed by atoms with Crippen LogP contribution in [-0.4, -0.2) is 30.8 Å². The molecule has 0 saturated carbocycles. The first-order chi connectivity index (χ1) is 6.40. The summed E-state index contributed by atoms with van der Waals surface area (Å²) in [5.74, 6) is 5.05. The summed E-state index contributed by atoms with van der Waals surface area (Å²) in [6.45, 7) is 8.71. The average Bonchev–Trinajstić information content (AvgIpc) is 2.06. The molecule has 0 aromatic heterocycles. The molecule has 1 nitrogen and oxygen atoms in total. The summed E-state index contributed by atoms with van der Waals surface area (Å²) in [5, 5.41) is 9.64. The van der Waals surface area contributed by atoms with Crippen LogP contribution in [0.1, 0.15) is 6.92 Å². The van der Waals surface area contributed by atoms with Crippen LogP contribution in [0.5, 0.6) is 0 Å². The molecule has 1 rings (SSSR count). The van der Waals surface area contributed by atoms with Crippen molar-refractivity contribution in [2.45, 2.75) is 32.7 Å². The van der Waals surface area contributed by atoms with Crippen LogP contribution in [0, 0.1) is 11.5 Å². The van der Waals surface area contributed by atoms with Gasteiger partial charge in [-0.15, -0.1) is 5.54 Å². The number of aliphatic hydroxyl groups is 1. The maximum atomic E-state index is 9.64. The molecule has 0 radical (unpaired) electrons. The third kappa shape index (κ3) is 3.53. The summed E-state index contributed by atoms with van der Waals surface area (Å²) in [7, 11) is -1.28. The van der Waals surface area contributed by atoms with Gasteiger partial charge in [0.25, 0.3) is 0 Å². The lowest BCUT2D eigenvalue weighted by atomic mass is 10.1. The van der Waals surface area contributed by atoms with E-state index < -0.39 is 8.07 Å². The Balaban J connectivity index is 2.86. The van der Waals surface area contributed by atoms with E-state index in [0.717, 1.165) is 22.7 Å². The average molecular weight is 226 g/mol. The van der Waals surface area contributed by atoms with Crippen LogP contribution in [0.25, 0.3) is 0 Å². The van der Waals surface area contributed by atoms with Crippen molar-refractivity contribution in [2.75, 3.05) is 11.5 Å². The summed E-state index contributed by atoms with van der Waals surface area (Å²) in [4.78, 5) is 0. The molecule has 1 heterocycles. The Morgan fingerprint density at radius 2 is 2.07 bits per heavy atom. The van der Waals surface area contributed by atoms with Crippen LogP contribution >= 0.6 is 11.8 Å². The third-order valence-corrected chi connectivity index (χ3v) is 4.01. The van der Waals surface area contributed by atoms with E-state index in [0.29, 0.717) is 0 Å². The Labute approximate surface area is 92.0 Å². The van der Waals surface area contributed by atoms with Crippen molar-refractivity contribution >= 4 is 19.8 Å². The molecule has 1 aliphatic rings. The van der Waals surface area contributed by atoms with E-state index in [1.165, 1.54) is 0 Å². The minimum absolute atomic E-state index is 0.278. The van der Waals surface area contributed by atoms with Crippen molar-refractivity contribution in [3.63, 3.8) is 0 Å². The Hall–Kier alpha value is -0.173. The fraction of sp³-hybridized carbons (Fsp3) is 0.636. The van der Waals surface area contributed by atoms with E-state index in [1.54, 1.807) is 11.8 Å². The van der Waals surface area contributed by atoms with Crippen molar-refractivity contribution < 1.29 is 5.11 Å². The molecule has 0 unspecified atom stereocenters. The zero-order chi connectivity index (χ0) is 10.8. The highest BCUT2D eigenvalue weighted by Gasteiger charge is 2.17. The third-order valence-electron chi connectivity index (χ3n) is 2.09. The van der Waals surface area contributed by atoms with Gasteiger partial charge >= 0.3 is 0 Å². The second kappa shape index (κ2) is 4.56. The minimum atomic E-state index is -1.28. The standard InChI is InChI=1S/C11H18OSSi/c1-9-10(5-6-14(2,3)4)7-13-8-11(9)12/h11-12H,7-8H2,1-4H3/t11-/m0/s1. The fourth-order valence-electron chi connectivity index (χ4n) is 1.11. The summed E-state index contributed by atoms with van der Waals surface area (Å²) < 4.78 is 0. The van der Waals surface area contributed by atoms with Gasteiger partial charge < -0.3 is 5.11 Å². The van der Waals surface area contributed by atoms with Crippen molar-refractivity contribution in [3.05, 3.63) is 11.1 Å². The minimum Gasteiger partial charge on any atom is -0.388 e. The van der Waals surface area contributed by atoms with Gasteiger partial charge in [-0.2, -0.15) is 11.8 Å². The van der Waals surface area contributed by atoms with E-state index in [-0.39, 0.29) is 6.10 Å². The van der Waals surface area contributed by atoms with Crippen molar-refractivity contribution in [2.24, 2.45) is 0 Å². The van der Waals surface area contributed by atoms with Gasteiger partial charge in [-0.3, -0.25) is 0 Å². The van der Waals surface area contributed by atoms with Crippen LogP contribution in [0.15, 0.2) is 11.1 Å². The Kier molecular flexibility index (Phi) is 3.88. The van der Waals surface area contributed by atoms with E-state index in [4.69, 9.17) is 0 Å². The first kappa shape index (κ1) is 11.9. The molecule has 0 aromatic rings. The molecule has 14 heavy (non-hydrogen) atoms. The summed E-state index contributed by atoms with van der Waals surface area (Å²) in [5.41, 5.74) is 5.58. The molecular weight excluding hydrogens is 208 g/mol. The molecule has 0 spiro atoms. The highest BCUT2D eigenvalue weighted by Crippen LogP contribution is 2.23. The lowest BCUT2D eigenvalue weighted by Crippen LogP contribution is -2.20. The molecule has 0 saturated heterocycles. The molecule has 1 atom stereocenters. The summed E-state index contributed by atoms with van der Waals surface area (Å²) >= 11 is 1.77. The molecule has 0 fully saturated rings. The van der Waals surface area contributed by atoms with Gasteiger partial charge in [0.05, 0.1) is 6.10 Å². The molecule has 78 valence electrons. The molecule has 0 aromatic carbocycles. The van der Waals surface area contributed by atoms with Gasteiger partial charge in [-0.25, -0.2) is 0 Å². The number of hydrogen-bond acceptors (Lipinski definition) is 2. The maximum Gasteiger partial charge on any atom is 0.129 e. The zero-order valence-corrected chi connectivity index (χ0v) is 11.2. The Morgan fingerprint density at radius 1 is 1.43 bits per heavy atom. The zero-order valence-electron chi connectivity index (χ0n) is 9.35. The number of rotatable bonds is 0. The van der Waals surface area contributed by atoms with Gasteiger partial charge in [0.15, 0.2) is 0 Å². The topological polar surface area (TPSA) is 20.2 Å². The maximum absolute atomic E-state index is 9.64. The predicted octanol–water partition coefficient (Wildman–Crippen LogP) is 2.29. The first-order valence-corrected chi connectivity index (χ1v) is 9.54. The quantitative estimate of drug-likeness (QED) is 0.505. The molecule has 0 bridgehead atoms. The van der Waals surface area contributed by atoms with Crippen LogP contribution in [-0.2, 0) is 0 Å². The highest BCUT2D eigenvalue weighted by molar-refractivity contribution is 7.99. The van der Waals surface area contributed by atoms with Gasteiger partial charge in [0.2, 0.25) is 0 Å². The molecule has 0 aliphatic carbocycles. The van der Waals surface area contributed by atoms with E-state index in [1.807, 2.05) is 6.92 Å². The van der Waals surface area contributed by atoms with Crippen molar-refractivity contribution in [1.29, 1.82) is 0 Å². The second-order valence-electron chi connectivity index (χ2n) is 4.69. The van der Waals surface area contributed by atoms with Crippen LogP contribution in [0.4, 0.5) is 0 Å². The van der Waals surface area contributed by atoms with Gasteiger partial charge in [0, 0.05) is 17.1 Å². The second-order valence-corrected chi connectivity index (χ2v) is 10.5. The Morgan fingerprint density at radius 3 is 2.64 bits per heavy atom. The molecule has 1 aliphatic heterocycles. The smallest absolute Gasteiger partial charge is 0.129 e. The van der Waals surface area contributed by atoms with Gasteiger partial charge in [-0.05, 0) is 12.5 Å². The number of hydrogen-bond donors (Lipinski definition) is 1. The Bertz CT molecular complexity index is 303. The molecular formula is C11H18OSSi. The largest absolute Gasteiger partial charge is 0.388 e. The SMILES string of the molecule is CC1=C(C#C[Si](C)(C)C)CSC[C@@H]1O.